The van der Waals surface area contributed by atoms with Crippen LogP contribution < -0.4 is 5.32 Å². The van der Waals surface area contributed by atoms with Gasteiger partial charge in [-0.15, -0.1) is 0 Å². The summed E-state index contributed by atoms with van der Waals surface area (Å²) in [5.74, 6) is 1.27. The summed E-state index contributed by atoms with van der Waals surface area (Å²) in [5, 5.41) is 13.1. The molecule has 0 aromatic heterocycles. The number of aliphatic hydroxyl groups is 1. The summed E-state index contributed by atoms with van der Waals surface area (Å²) in [6.07, 6.45) is 2.18. The summed E-state index contributed by atoms with van der Waals surface area (Å²) in [6.45, 7) is 11.4. The highest BCUT2D eigenvalue weighted by atomic mass is 16.3. The lowest BCUT2D eigenvalue weighted by atomic mass is 10.00. The molecule has 1 saturated carbocycles. The van der Waals surface area contributed by atoms with E-state index in [-0.39, 0.29) is 6.10 Å². The predicted octanol–water partition coefficient (Wildman–Crippen LogP) is 0.855. The fourth-order valence-electron chi connectivity index (χ4n) is 3.13. The van der Waals surface area contributed by atoms with Crippen LogP contribution in [0.25, 0.3) is 0 Å². The lowest BCUT2D eigenvalue weighted by Gasteiger charge is -2.19. The summed E-state index contributed by atoms with van der Waals surface area (Å²) >= 11 is 0. The summed E-state index contributed by atoms with van der Waals surface area (Å²) in [6, 6.07) is 0. The second kappa shape index (κ2) is 5.30. The van der Waals surface area contributed by atoms with Crippen LogP contribution in [-0.4, -0.2) is 48.8 Å². The van der Waals surface area contributed by atoms with Crippen LogP contribution in [0.5, 0.6) is 0 Å². The lowest BCUT2D eigenvalue weighted by Crippen LogP contribution is -2.29. The van der Waals surface area contributed by atoms with Crippen molar-refractivity contribution >= 4 is 0 Å². The van der Waals surface area contributed by atoms with Gasteiger partial charge in [0.1, 0.15) is 0 Å². The average Bonchev–Trinajstić information content (AvgIpc) is 2.78. The van der Waals surface area contributed by atoms with Gasteiger partial charge in [0, 0.05) is 32.1 Å². The highest BCUT2D eigenvalue weighted by Crippen LogP contribution is 2.38. The SMILES string of the molecule is C=C(CNCC)CN1CC2CCC(O)C2C1. The summed E-state index contributed by atoms with van der Waals surface area (Å²) in [4.78, 5) is 2.46. The molecule has 0 amide bonds. The molecule has 16 heavy (non-hydrogen) atoms. The molecule has 0 radical (unpaired) electrons. The van der Waals surface area contributed by atoms with Crippen molar-refractivity contribution in [2.45, 2.75) is 25.9 Å². The van der Waals surface area contributed by atoms with Crippen LogP contribution in [0.4, 0.5) is 0 Å². The fourth-order valence-corrected chi connectivity index (χ4v) is 3.13. The molecule has 1 aliphatic heterocycles. The number of rotatable bonds is 5. The monoisotopic (exact) mass is 224 g/mol. The summed E-state index contributed by atoms with van der Waals surface area (Å²) < 4.78 is 0. The second-order valence-electron chi connectivity index (χ2n) is 5.29. The van der Waals surface area contributed by atoms with E-state index in [1.165, 1.54) is 12.0 Å². The fraction of sp³-hybridized carbons (Fsp3) is 0.846. The Morgan fingerprint density at radius 1 is 1.44 bits per heavy atom. The minimum Gasteiger partial charge on any atom is -0.393 e. The van der Waals surface area contributed by atoms with Crippen molar-refractivity contribution in [3.63, 3.8) is 0 Å². The zero-order valence-electron chi connectivity index (χ0n) is 10.3. The molecule has 2 fully saturated rings. The molecule has 2 rings (SSSR count). The van der Waals surface area contributed by atoms with Crippen molar-refractivity contribution in [2.75, 3.05) is 32.7 Å². The number of nitrogens with zero attached hydrogens (tertiary/aromatic N) is 1. The first-order valence-electron chi connectivity index (χ1n) is 6.48. The highest BCUT2D eigenvalue weighted by molar-refractivity contribution is 5.03. The van der Waals surface area contributed by atoms with Crippen LogP contribution in [0.15, 0.2) is 12.2 Å². The topological polar surface area (TPSA) is 35.5 Å². The molecule has 1 saturated heterocycles. The summed E-state index contributed by atoms with van der Waals surface area (Å²) in [5.41, 5.74) is 1.26. The Hall–Kier alpha value is -0.380. The van der Waals surface area contributed by atoms with Gasteiger partial charge in [-0.25, -0.2) is 0 Å². The molecule has 1 aliphatic carbocycles. The van der Waals surface area contributed by atoms with E-state index in [9.17, 15) is 5.11 Å². The highest BCUT2D eigenvalue weighted by Gasteiger charge is 2.41. The minimum absolute atomic E-state index is 0.0444. The third-order valence-corrected chi connectivity index (χ3v) is 3.97. The first-order valence-corrected chi connectivity index (χ1v) is 6.48. The standard InChI is InChI=1S/C13H24N2O/c1-3-14-6-10(2)7-15-8-11-4-5-13(16)12(11)9-15/h11-14,16H,2-9H2,1H3. The van der Waals surface area contributed by atoms with Crippen LogP contribution in [0.1, 0.15) is 19.8 Å². The Morgan fingerprint density at radius 2 is 2.25 bits per heavy atom. The molecule has 3 atom stereocenters. The van der Waals surface area contributed by atoms with E-state index in [1.54, 1.807) is 0 Å². The van der Waals surface area contributed by atoms with Crippen molar-refractivity contribution in [3.05, 3.63) is 12.2 Å². The van der Waals surface area contributed by atoms with Gasteiger partial charge in [-0.1, -0.05) is 13.5 Å². The van der Waals surface area contributed by atoms with Gasteiger partial charge < -0.3 is 10.4 Å². The van der Waals surface area contributed by atoms with Crippen molar-refractivity contribution < 1.29 is 5.11 Å². The number of fused-ring (bicyclic) bond motifs is 1. The van der Waals surface area contributed by atoms with Crippen molar-refractivity contribution in [1.29, 1.82) is 0 Å². The van der Waals surface area contributed by atoms with E-state index in [0.29, 0.717) is 5.92 Å². The van der Waals surface area contributed by atoms with Gasteiger partial charge in [0.05, 0.1) is 6.10 Å². The number of nitrogens with one attached hydrogen (secondary N) is 1. The zero-order valence-corrected chi connectivity index (χ0v) is 10.3. The molecule has 92 valence electrons. The van der Waals surface area contributed by atoms with Crippen LogP contribution in [0, 0.1) is 11.8 Å². The predicted molar refractivity (Wildman–Crippen MR) is 66.3 cm³/mol. The molecule has 3 unspecified atom stereocenters. The molecular weight excluding hydrogens is 200 g/mol. The number of likely N-dealkylation sites (tertiary alicyclic amines) is 1. The van der Waals surface area contributed by atoms with Gasteiger partial charge in [0.25, 0.3) is 0 Å². The van der Waals surface area contributed by atoms with E-state index in [2.05, 4.69) is 23.7 Å². The van der Waals surface area contributed by atoms with Crippen LogP contribution >= 0.6 is 0 Å². The van der Waals surface area contributed by atoms with E-state index in [4.69, 9.17) is 0 Å². The number of hydrogen-bond acceptors (Lipinski definition) is 3. The molecule has 1 heterocycles. The second-order valence-corrected chi connectivity index (χ2v) is 5.29. The first kappa shape index (κ1) is 12.1. The van der Waals surface area contributed by atoms with E-state index >= 15 is 0 Å². The van der Waals surface area contributed by atoms with Crippen LogP contribution in [0.2, 0.25) is 0 Å². The molecule has 3 heteroatoms. The Morgan fingerprint density at radius 3 is 2.94 bits per heavy atom. The largest absolute Gasteiger partial charge is 0.393 e. The van der Waals surface area contributed by atoms with Crippen molar-refractivity contribution in [1.82, 2.24) is 10.2 Å². The molecule has 0 aromatic rings. The first-order chi connectivity index (χ1) is 7.70. The maximum Gasteiger partial charge on any atom is 0.0583 e. The lowest BCUT2D eigenvalue weighted by molar-refractivity contribution is 0.125. The molecule has 2 aliphatic rings. The Kier molecular flexibility index (Phi) is 4.00. The van der Waals surface area contributed by atoms with E-state index < -0.39 is 0 Å². The molecule has 2 N–H and O–H groups in total. The Labute approximate surface area is 98.5 Å². The van der Waals surface area contributed by atoms with Gasteiger partial charge in [0.15, 0.2) is 0 Å². The summed E-state index contributed by atoms with van der Waals surface area (Å²) in [7, 11) is 0. The molecule has 3 nitrogen and oxygen atoms in total. The van der Waals surface area contributed by atoms with Gasteiger partial charge in [0.2, 0.25) is 0 Å². The normalized spacial score (nSPS) is 34.2. The van der Waals surface area contributed by atoms with Gasteiger partial charge in [-0.3, -0.25) is 4.90 Å². The zero-order chi connectivity index (χ0) is 11.5. The molecule has 0 aromatic carbocycles. The van der Waals surface area contributed by atoms with E-state index in [0.717, 1.165) is 45.1 Å². The molecule has 0 bridgehead atoms. The number of likely N-dealkylation sites (N-methyl/N-ethyl adjacent to an activating group) is 1. The van der Waals surface area contributed by atoms with Crippen molar-refractivity contribution in [2.24, 2.45) is 11.8 Å². The van der Waals surface area contributed by atoms with E-state index in [1.807, 2.05) is 0 Å². The Balaban J connectivity index is 1.75. The van der Waals surface area contributed by atoms with Crippen LogP contribution in [-0.2, 0) is 0 Å². The quantitative estimate of drug-likeness (QED) is 0.680. The Bertz CT molecular complexity index is 254. The minimum atomic E-state index is -0.0444. The van der Waals surface area contributed by atoms with Gasteiger partial charge >= 0.3 is 0 Å². The third-order valence-electron chi connectivity index (χ3n) is 3.97. The van der Waals surface area contributed by atoms with Crippen molar-refractivity contribution in [3.8, 4) is 0 Å². The smallest absolute Gasteiger partial charge is 0.0583 e. The van der Waals surface area contributed by atoms with Crippen LogP contribution in [0.3, 0.4) is 0 Å². The number of hydrogen-bond donors (Lipinski definition) is 2. The number of aliphatic hydroxyl groups excluding tert-OH is 1. The van der Waals surface area contributed by atoms with Gasteiger partial charge in [-0.2, -0.15) is 0 Å². The third kappa shape index (κ3) is 2.65. The maximum atomic E-state index is 9.83. The maximum absolute atomic E-state index is 9.83. The molecular formula is C13H24N2O. The average molecular weight is 224 g/mol. The van der Waals surface area contributed by atoms with Gasteiger partial charge in [-0.05, 0) is 30.9 Å². The molecule has 0 spiro atoms.